The normalized spacial score (nSPS) is 12.8. The molecule has 0 atom stereocenters. The number of hydrogen-bond donors (Lipinski definition) is 1. The van der Waals surface area contributed by atoms with Crippen molar-refractivity contribution < 1.29 is 9.84 Å². The van der Waals surface area contributed by atoms with E-state index >= 15 is 0 Å². The summed E-state index contributed by atoms with van der Waals surface area (Å²) in [6, 6.07) is 16.3. The molecule has 1 N–H and O–H groups in total. The molecule has 0 aromatic heterocycles. The second-order valence-corrected chi connectivity index (χ2v) is 7.66. The van der Waals surface area contributed by atoms with Crippen LogP contribution in [-0.2, 0) is 0 Å². The molecule has 0 radical (unpaired) electrons. The van der Waals surface area contributed by atoms with E-state index in [0.717, 1.165) is 22.8 Å². The van der Waals surface area contributed by atoms with Crippen molar-refractivity contribution >= 4 is 0 Å². The molecule has 1 saturated carbocycles. The van der Waals surface area contributed by atoms with Gasteiger partial charge in [0.2, 0.25) is 0 Å². The van der Waals surface area contributed by atoms with Crippen molar-refractivity contribution in [2.75, 3.05) is 13.2 Å². The molecular formula is C27H36O2. The molecule has 2 heteroatoms. The zero-order valence-corrected chi connectivity index (χ0v) is 18.1. The van der Waals surface area contributed by atoms with E-state index in [0.29, 0.717) is 6.61 Å². The average molecular weight is 393 g/mol. The van der Waals surface area contributed by atoms with Crippen LogP contribution in [0.2, 0.25) is 0 Å². The van der Waals surface area contributed by atoms with E-state index in [-0.39, 0.29) is 6.61 Å². The van der Waals surface area contributed by atoms with Crippen molar-refractivity contribution in [1.29, 1.82) is 0 Å². The fraction of sp³-hybridized carbons (Fsp3) is 0.481. The third kappa shape index (κ3) is 8.75. The minimum absolute atomic E-state index is 0.0262. The van der Waals surface area contributed by atoms with E-state index in [1.54, 1.807) is 0 Å². The fourth-order valence-corrected chi connectivity index (χ4v) is 3.20. The van der Waals surface area contributed by atoms with Crippen molar-refractivity contribution in [3.05, 3.63) is 65.2 Å². The second-order valence-electron chi connectivity index (χ2n) is 7.66. The lowest BCUT2D eigenvalue weighted by molar-refractivity contribution is 0.201. The molecule has 2 aromatic rings. The number of aliphatic hydroxyl groups excluding tert-OH is 1. The fourth-order valence-electron chi connectivity index (χ4n) is 3.20. The summed E-state index contributed by atoms with van der Waals surface area (Å²) in [5, 5.41) is 8.72. The van der Waals surface area contributed by atoms with Crippen molar-refractivity contribution in [3.63, 3.8) is 0 Å². The molecule has 0 spiro atoms. The van der Waals surface area contributed by atoms with Gasteiger partial charge in [-0.15, -0.1) is 0 Å². The highest BCUT2D eigenvalue weighted by Gasteiger charge is 2.18. The molecule has 0 heterocycles. The van der Waals surface area contributed by atoms with E-state index in [1.807, 2.05) is 24.3 Å². The largest absolute Gasteiger partial charge is 0.491 e. The van der Waals surface area contributed by atoms with Gasteiger partial charge in [0.1, 0.15) is 12.4 Å². The third-order valence-corrected chi connectivity index (χ3v) is 5.26. The highest BCUT2D eigenvalue weighted by molar-refractivity contribution is 5.45. The minimum Gasteiger partial charge on any atom is -0.491 e. The lowest BCUT2D eigenvalue weighted by Crippen LogP contribution is -2.08. The molecule has 1 aliphatic rings. The van der Waals surface area contributed by atoms with Gasteiger partial charge in [0.05, 0.1) is 6.61 Å². The molecule has 29 heavy (non-hydrogen) atoms. The Morgan fingerprint density at radius 3 is 1.83 bits per heavy atom. The lowest BCUT2D eigenvalue weighted by Gasteiger charge is -2.25. The summed E-state index contributed by atoms with van der Waals surface area (Å²) in [5.74, 6) is 7.89. The Balaban J connectivity index is 0.000000370. The van der Waals surface area contributed by atoms with Crippen molar-refractivity contribution in [2.45, 2.75) is 71.1 Å². The molecule has 2 aromatic carbocycles. The summed E-state index contributed by atoms with van der Waals surface area (Å²) in [4.78, 5) is 0. The van der Waals surface area contributed by atoms with Crippen molar-refractivity contribution in [2.24, 2.45) is 0 Å². The van der Waals surface area contributed by atoms with Gasteiger partial charge in [-0.05, 0) is 60.7 Å². The maximum atomic E-state index is 8.72. The number of benzene rings is 2. The Hall–Kier alpha value is -2.24. The molecule has 0 saturated heterocycles. The number of rotatable bonds is 8. The van der Waals surface area contributed by atoms with Crippen molar-refractivity contribution in [3.8, 4) is 17.6 Å². The van der Waals surface area contributed by atoms with Gasteiger partial charge in [0.15, 0.2) is 0 Å². The number of hydrogen-bond acceptors (Lipinski definition) is 2. The van der Waals surface area contributed by atoms with Crippen LogP contribution in [0.5, 0.6) is 5.75 Å². The highest BCUT2D eigenvalue weighted by atomic mass is 16.5. The molecule has 0 amide bonds. The first kappa shape index (κ1) is 23.0. The maximum Gasteiger partial charge on any atom is 0.119 e. The smallest absolute Gasteiger partial charge is 0.119 e. The van der Waals surface area contributed by atoms with Crippen LogP contribution in [-0.4, -0.2) is 18.3 Å². The summed E-state index contributed by atoms with van der Waals surface area (Å²) in [6.45, 7) is 4.84. The zero-order chi connectivity index (χ0) is 20.7. The summed E-state index contributed by atoms with van der Waals surface area (Å²) < 4.78 is 5.33. The lowest BCUT2D eigenvalue weighted by atomic mass is 9.80. The topological polar surface area (TPSA) is 29.5 Å². The predicted octanol–water partition coefficient (Wildman–Crippen LogP) is 6.70. The molecule has 1 fully saturated rings. The Kier molecular flexibility index (Phi) is 11.0. The van der Waals surface area contributed by atoms with Crippen molar-refractivity contribution in [1.82, 2.24) is 0 Å². The molecular weight excluding hydrogens is 356 g/mol. The third-order valence-electron chi connectivity index (χ3n) is 5.26. The van der Waals surface area contributed by atoms with Gasteiger partial charge in [-0.2, -0.15) is 0 Å². The minimum atomic E-state index is 0.0262. The molecule has 0 aliphatic heterocycles. The van der Waals surface area contributed by atoms with E-state index in [2.05, 4.69) is 50.0 Å². The van der Waals surface area contributed by atoms with E-state index in [4.69, 9.17) is 9.84 Å². The van der Waals surface area contributed by atoms with E-state index in [1.165, 1.54) is 56.9 Å². The van der Waals surface area contributed by atoms with E-state index < -0.39 is 0 Å². The van der Waals surface area contributed by atoms with Crippen LogP contribution < -0.4 is 4.74 Å². The zero-order valence-electron chi connectivity index (χ0n) is 18.1. The maximum absolute atomic E-state index is 8.72. The van der Waals surface area contributed by atoms with Crippen LogP contribution in [0.3, 0.4) is 0 Å². The van der Waals surface area contributed by atoms with Gasteiger partial charge < -0.3 is 9.84 Å². The van der Waals surface area contributed by atoms with Crippen LogP contribution in [0.1, 0.15) is 87.8 Å². The molecule has 0 unspecified atom stereocenters. The summed E-state index contributed by atoms with van der Waals surface area (Å²) in [5.41, 5.74) is 3.45. The second kappa shape index (κ2) is 13.9. The first-order valence-corrected chi connectivity index (χ1v) is 11.2. The standard InChI is InChI=1S/C20H20O2.C7H16/c21-14-15-22-20-12-8-17(9-13-20)5-4-16-6-10-19(11-7-16)18-2-1-3-18;1-3-5-7-6-4-2/h6-13,18,21H,1-3,14-15H2;3-7H2,1-2H3. The van der Waals surface area contributed by atoms with Gasteiger partial charge in [0.25, 0.3) is 0 Å². The van der Waals surface area contributed by atoms with Crippen LogP contribution in [0.4, 0.5) is 0 Å². The average Bonchev–Trinajstić information content (AvgIpc) is 2.72. The predicted molar refractivity (Wildman–Crippen MR) is 122 cm³/mol. The van der Waals surface area contributed by atoms with Gasteiger partial charge >= 0.3 is 0 Å². The SMILES string of the molecule is CCCCCCC.OCCOc1ccc(C#Cc2ccc(C3CCC3)cc2)cc1. The van der Waals surface area contributed by atoms with Gasteiger partial charge in [0, 0.05) is 11.1 Å². The first-order valence-electron chi connectivity index (χ1n) is 11.2. The van der Waals surface area contributed by atoms with Gasteiger partial charge in [-0.1, -0.05) is 76.3 Å². The number of aliphatic hydroxyl groups is 1. The highest BCUT2D eigenvalue weighted by Crippen LogP contribution is 2.36. The molecule has 1 aliphatic carbocycles. The van der Waals surface area contributed by atoms with Crippen LogP contribution in [0.25, 0.3) is 0 Å². The molecule has 2 nitrogen and oxygen atoms in total. The molecule has 3 rings (SSSR count). The quantitative estimate of drug-likeness (QED) is 0.400. The molecule has 0 bridgehead atoms. The number of unbranched alkanes of at least 4 members (excludes halogenated alkanes) is 4. The summed E-state index contributed by atoms with van der Waals surface area (Å²) >= 11 is 0. The van der Waals surface area contributed by atoms with Crippen LogP contribution in [0.15, 0.2) is 48.5 Å². The van der Waals surface area contributed by atoms with Crippen LogP contribution in [0, 0.1) is 11.8 Å². The van der Waals surface area contributed by atoms with Gasteiger partial charge in [-0.3, -0.25) is 0 Å². The first-order chi connectivity index (χ1) is 14.3. The number of ether oxygens (including phenoxy) is 1. The van der Waals surface area contributed by atoms with E-state index in [9.17, 15) is 0 Å². The monoisotopic (exact) mass is 392 g/mol. The Bertz CT molecular complexity index is 727. The molecule has 156 valence electrons. The summed E-state index contributed by atoms with van der Waals surface area (Å²) in [7, 11) is 0. The van der Waals surface area contributed by atoms with Crippen LogP contribution >= 0.6 is 0 Å². The Morgan fingerprint density at radius 2 is 1.38 bits per heavy atom. The van der Waals surface area contributed by atoms with Gasteiger partial charge in [-0.25, -0.2) is 0 Å². The Labute approximate surface area is 177 Å². The summed E-state index contributed by atoms with van der Waals surface area (Å²) in [6.07, 6.45) is 11.0. The Morgan fingerprint density at radius 1 is 0.828 bits per heavy atom.